The van der Waals surface area contributed by atoms with Crippen LogP contribution in [0.5, 0.6) is 0 Å². The molecule has 7 heteroatoms. The number of carbonyl (C=O) groups is 2. The molecule has 36 heavy (non-hydrogen) atoms. The van der Waals surface area contributed by atoms with Crippen LogP contribution in [0.3, 0.4) is 0 Å². The van der Waals surface area contributed by atoms with E-state index in [-0.39, 0.29) is 30.0 Å². The zero-order valence-electron chi connectivity index (χ0n) is 21.6. The van der Waals surface area contributed by atoms with E-state index in [1.54, 1.807) is 13.8 Å². The summed E-state index contributed by atoms with van der Waals surface area (Å²) in [7, 11) is -2.86. The first-order valence-corrected chi connectivity index (χ1v) is 14.8. The van der Waals surface area contributed by atoms with Gasteiger partial charge in [0.1, 0.15) is 17.5 Å². The minimum Gasteiger partial charge on any atom is -0.456 e. The van der Waals surface area contributed by atoms with Crippen molar-refractivity contribution in [1.29, 1.82) is 0 Å². The van der Waals surface area contributed by atoms with Gasteiger partial charge < -0.3 is 19.0 Å². The molecule has 1 saturated carbocycles. The molecule has 0 amide bonds. The van der Waals surface area contributed by atoms with E-state index in [2.05, 4.69) is 45.0 Å². The second kappa shape index (κ2) is 8.91. The summed E-state index contributed by atoms with van der Waals surface area (Å²) in [4.78, 5) is 26.0. The Bertz CT molecular complexity index is 1090. The van der Waals surface area contributed by atoms with Crippen molar-refractivity contribution in [2.75, 3.05) is 13.2 Å². The second-order valence-corrected chi connectivity index (χ2v) is 15.9. The third kappa shape index (κ3) is 3.55. The van der Waals surface area contributed by atoms with Crippen LogP contribution in [-0.2, 0) is 23.5 Å². The highest BCUT2D eigenvalue weighted by atomic mass is 28.4. The first-order valence-electron chi connectivity index (χ1n) is 12.9. The Morgan fingerprint density at radius 3 is 2.08 bits per heavy atom. The molecular weight excluding hydrogens is 472 g/mol. The molecule has 0 unspecified atom stereocenters. The van der Waals surface area contributed by atoms with Gasteiger partial charge >= 0.3 is 5.97 Å². The van der Waals surface area contributed by atoms with Gasteiger partial charge in [-0.2, -0.15) is 0 Å². The van der Waals surface area contributed by atoms with Crippen molar-refractivity contribution in [3.63, 3.8) is 0 Å². The summed E-state index contributed by atoms with van der Waals surface area (Å²) < 4.78 is 18.7. The smallest absolute Gasteiger partial charge is 0.311 e. The second-order valence-electron chi connectivity index (χ2n) is 11.6. The van der Waals surface area contributed by atoms with Crippen LogP contribution in [0.4, 0.5) is 0 Å². The van der Waals surface area contributed by atoms with E-state index in [0.717, 1.165) is 10.4 Å². The molecule has 2 aromatic carbocycles. The number of carbonyl (C=O) groups excluding carboxylic acids is 2. The number of ether oxygens (including phenoxy) is 2. The predicted molar refractivity (Wildman–Crippen MR) is 138 cm³/mol. The number of benzene rings is 2. The summed E-state index contributed by atoms with van der Waals surface area (Å²) in [6.45, 7) is 10.5. The number of ketones is 1. The van der Waals surface area contributed by atoms with Crippen molar-refractivity contribution in [3.05, 3.63) is 60.7 Å². The lowest BCUT2D eigenvalue weighted by Crippen LogP contribution is -2.67. The van der Waals surface area contributed by atoms with Crippen LogP contribution in [0.2, 0.25) is 5.04 Å². The Hall–Kier alpha value is -2.32. The Labute approximate surface area is 214 Å². The number of esters is 1. The fourth-order valence-electron chi connectivity index (χ4n) is 6.77. The average Bonchev–Trinajstić information content (AvgIpc) is 3.26. The van der Waals surface area contributed by atoms with E-state index >= 15 is 0 Å². The van der Waals surface area contributed by atoms with Crippen molar-refractivity contribution >= 4 is 30.4 Å². The topological polar surface area (TPSA) is 82.1 Å². The molecule has 0 aromatic heterocycles. The lowest BCUT2D eigenvalue weighted by molar-refractivity contribution is -0.218. The monoisotopic (exact) mass is 508 g/mol. The van der Waals surface area contributed by atoms with Crippen LogP contribution in [0.1, 0.15) is 34.6 Å². The summed E-state index contributed by atoms with van der Waals surface area (Å²) in [6.07, 6.45) is -1.37. The van der Waals surface area contributed by atoms with Gasteiger partial charge in [0.05, 0.1) is 12.5 Å². The van der Waals surface area contributed by atoms with Gasteiger partial charge in [-0.05, 0) is 22.3 Å². The number of Topliss-reactive ketones (excluding diaryl/α,β-unsaturated/α-hetero) is 1. The zero-order chi connectivity index (χ0) is 25.9. The fourth-order valence-corrected chi connectivity index (χ4v) is 11.4. The summed E-state index contributed by atoms with van der Waals surface area (Å²) in [5.41, 5.74) is -1.46. The van der Waals surface area contributed by atoms with E-state index < -0.39 is 49.8 Å². The fraction of sp³-hybridized carbons (Fsp3) is 0.517. The van der Waals surface area contributed by atoms with Gasteiger partial charge in [0.25, 0.3) is 8.32 Å². The minimum atomic E-state index is -2.86. The quantitative estimate of drug-likeness (QED) is 0.494. The molecule has 1 aliphatic carbocycles. The molecule has 2 saturated heterocycles. The first kappa shape index (κ1) is 25.3. The first-order chi connectivity index (χ1) is 17.0. The maximum atomic E-state index is 13.6. The molecule has 2 aliphatic heterocycles. The Morgan fingerprint density at radius 1 is 1.00 bits per heavy atom. The molecule has 0 spiro atoms. The number of fused-ring (bicyclic) bond motifs is 3. The number of hydrogen-bond acceptors (Lipinski definition) is 6. The average molecular weight is 509 g/mol. The van der Waals surface area contributed by atoms with Crippen molar-refractivity contribution in [1.82, 2.24) is 0 Å². The largest absolute Gasteiger partial charge is 0.456 e. The van der Waals surface area contributed by atoms with Gasteiger partial charge in [0, 0.05) is 24.4 Å². The van der Waals surface area contributed by atoms with Gasteiger partial charge in [0.2, 0.25) is 0 Å². The number of rotatable bonds is 5. The van der Waals surface area contributed by atoms with Gasteiger partial charge in [-0.3, -0.25) is 9.59 Å². The molecule has 2 aromatic rings. The van der Waals surface area contributed by atoms with E-state index in [0.29, 0.717) is 0 Å². The SMILES string of the molecule is C[C@@H]1C(=O)O[C@H]2[C@@H]1OC[C@@H]1[C@H](CO[Si](c3ccccc3)(c3ccccc3)C(C)(C)C)C(=O)[C@@H](C)[C@@]12O. The summed E-state index contributed by atoms with van der Waals surface area (Å²) in [5.74, 6) is -2.63. The predicted octanol–water partition coefficient (Wildman–Crippen LogP) is 2.71. The zero-order valence-corrected chi connectivity index (χ0v) is 22.6. The highest BCUT2D eigenvalue weighted by Gasteiger charge is 2.69. The van der Waals surface area contributed by atoms with Crippen molar-refractivity contribution in [2.45, 2.75) is 57.5 Å². The van der Waals surface area contributed by atoms with Crippen molar-refractivity contribution < 1.29 is 28.6 Å². The van der Waals surface area contributed by atoms with E-state index in [1.807, 2.05) is 36.4 Å². The van der Waals surface area contributed by atoms with Crippen LogP contribution >= 0.6 is 0 Å². The standard InChI is InChI=1S/C29H36O6Si/c1-18-25-26(35-27(18)31)29(32)19(2)24(30)22(23(29)17-33-25)16-34-36(28(3,4)5,20-12-8-6-9-13-20)21-14-10-7-11-15-21/h6-15,18-19,22-23,25-26,32H,16-17H2,1-5H3/t18-,19+,22-,23+,25+,26-,29+/m0/s1. The minimum absolute atomic E-state index is 0.0553. The molecule has 0 radical (unpaired) electrons. The molecular formula is C29H36O6Si. The molecule has 3 aliphatic rings. The van der Waals surface area contributed by atoms with Gasteiger partial charge in [-0.15, -0.1) is 0 Å². The molecule has 192 valence electrons. The molecule has 2 heterocycles. The highest BCUT2D eigenvalue weighted by Crippen LogP contribution is 2.52. The summed E-state index contributed by atoms with van der Waals surface area (Å²) in [5, 5.41) is 14.0. The number of hydrogen-bond donors (Lipinski definition) is 1. The lowest BCUT2D eigenvalue weighted by atomic mass is 9.74. The van der Waals surface area contributed by atoms with Gasteiger partial charge in [-0.25, -0.2) is 0 Å². The third-order valence-electron chi connectivity index (χ3n) is 8.79. The summed E-state index contributed by atoms with van der Waals surface area (Å²) >= 11 is 0. The van der Waals surface area contributed by atoms with E-state index in [4.69, 9.17) is 13.9 Å². The van der Waals surface area contributed by atoms with Crippen LogP contribution < -0.4 is 10.4 Å². The third-order valence-corrected chi connectivity index (χ3v) is 13.8. The highest BCUT2D eigenvalue weighted by molar-refractivity contribution is 6.99. The van der Waals surface area contributed by atoms with E-state index in [1.165, 1.54) is 0 Å². The maximum absolute atomic E-state index is 13.6. The Morgan fingerprint density at radius 2 is 1.56 bits per heavy atom. The van der Waals surface area contributed by atoms with Crippen LogP contribution in [0, 0.1) is 23.7 Å². The van der Waals surface area contributed by atoms with Gasteiger partial charge in [0.15, 0.2) is 6.10 Å². The molecule has 6 nitrogen and oxygen atoms in total. The summed E-state index contributed by atoms with van der Waals surface area (Å²) in [6, 6.07) is 20.6. The van der Waals surface area contributed by atoms with Crippen molar-refractivity contribution in [3.8, 4) is 0 Å². The van der Waals surface area contributed by atoms with Crippen LogP contribution in [-0.4, -0.2) is 56.2 Å². The van der Waals surface area contributed by atoms with E-state index in [9.17, 15) is 14.7 Å². The maximum Gasteiger partial charge on any atom is 0.311 e. The molecule has 1 N–H and O–H groups in total. The van der Waals surface area contributed by atoms with Gasteiger partial charge in [-0.1, -0.05) is 88.4 Å². The number of aliphatic hydroxyl groups is 1. The van der Waals surface area contributed by atoms with Crippen molar-refractivity contribution in [2.24, 2.45) is 23.7 Å². The molecule has 7 atom stereocenters. The van der Waals surface area contributed by atoms with Crippen LogP contribution in [0.25, 0.3) is 0 Å². The van der Waals surface area contributed by atoms with Crippen LogP contribution in [0.15, 0.2) is 60.7 Å². The molecule has 0 bridgehead atoms. The lowest BCUT2D eigenvalue weighted by Gasteiger charge is -2.46. The Kier molecular flexibility index (Phi) is 6.27. The molecule has 5 rings (SSSR count). The Balaban J connectivity index is 1.52. The molecule has 3 fully saturated rings. The normalized spacial score (nSPS) is 34.3.